The highest BCUT2D eigenvalue weighted by molar-refractivity contribution is 5.73. The minimum Gasteiger partial charge on any atom is -0.396 e. The molecule has 23 heavy (non-hydrogen) atoms. The van der Waals surface area contributed by atoms with E-state index in [1.807, 2.05) is 38.1 Å². The molecule has 0 unspecified atom stereocenters. The third kappa shape index (κ3) is 5.37. The van der Waals surface area contributed by atoms with E-state index in [0.717, 1.165) is 11.3 Å². The molecule has 0 atom stereocenters. The first kappa shape index (κ1) is 17.0. The zero-order valence-corrected chi connectivity index (χ0v) is 13.5. The number of nitrogens with zero attached hydrogens (tertiary/aromatic N) is 3. The van der Waals surface area contributed by atoms with Crippen molar-refractivity contribution in [3.05, 3.63) is 42.5 Å². The number of aliphatic hydroxyl groups excluding tert-OH is 1. The summed E-state index contributed by atoms with van der Waals surface area (Å²) < 4.78 is 1.67. The summed E-state index contributed by atoms with van der Waals surface area (Å²) in [6.07, 6.45) is 3.77. The number of carbonyl (C=O) groups is 1. The van der Waals surface area contributed by atoms with Crippen molar-refractivity contribution >= 4 is 6.03 Å². The second-order valence-corrected chi connectivity index (χ2v) is 6.18. The van der Waals surface area contributed by atoms with Crippen LogP contribution in [0.3, 0.4) is 0 Å². The van der Waals surface area contributed by atoms with Crippen LogP contribution in [-0.2, 0) is 6.54 Å². The van der Waals surface area contributed by atoms with Crippen molar-refractivity contribution in [1.29, 1.82) is 0 Å². The van der Waals surface area contributed by atoms with Crippen molar-refractivity contribution in [3.63, 3.8) is 0 Å². The fraction of sp³-hybridized carbons (Fsp3) is 0.438. The first-order chi connectivity index (χ1) is 11.0. The van der Waals surface area contributed by atoms with E-state index in [1.165, 1.54) is 6.33 Å². The quantitative estimate of drug-likeness (QED) is 0.721. The molecule has 2 aromatic rings. The second kappa shape index (κ2) is 7.73. The Morgan fingerprint density at radius 1 is 1.26 bits per heavy atom. The zero-order valence-electron chi connectivity index (χ0n) is 13.5. The highest BCUT2D eigenvalue weighted by Gasteiger charge is 2.17. The molecule has 0 saturated heterocycles. The second-order valence-electron chi connectivity index (χ2n) is 6.18. The predicted molar refractivity (Wildman–Crippen MR) is 87.1 cm³/mol. The van der Waals surface area contributed by atoms with Crippen LogP contribution in [0.4, 0.5) is 4.79 Å². The van der Waals surface area contributed by atoms with Crippen LogP contribution in [0, 0.1) is 5.41 Å². The lowest BCUT2D eigenvalue weighted by molar-refractivity contribution is 0.201. The number of amides is 2. The van der Waals surface area contributed by atoms with Crippen molar-refractivity contribution in [3.8, 4) is 5.69 Å². The SMILES string of the molecule is CC(C)(CCO)CNC(=O)NCc1ccc(-n2cncn2)cc1. The summed E-state index contributed by atoms with van der Waals surface area (Å²) in [6, 6.07) is 7.51. The molecule has 0 bridgehead atoms. The number of rotatable bonds is 7. The third-order valence-corrected chi connectivity index (χ3v) is 3.59. The lowest BCUT2D eigenvalue weighted by Crippen LogP contribution is -2.40. The van der Waals surface area contributed by atoms with Gasteiger partial charge in [-0.15, -0.1) is 0 Å². The molecule has 124 valence electrons. The highest BCUT2D eigenvalue weighted by Crippen LogP contribution is 2.17. The molecule has 1 aromatic carbocycles. The summed E-state index contributed by atoms with van der Waals surface area (Å²) >= 11 is 0. The van der Waals surface area contributed by atoms with Crippen LogP contribution < -0.4 is 10.6 Å². The summed E-state index contributed by atoms with van der Waals surface area (Å²) in [5, 5.41) is 18.7. The van der Waals surface area contributed by atoms with Gasteiger partial charge < -0.3 is 15.7 Å². The summed E-state index contributed by atoms with van der Waals surface area (Å²) in [5.74, 6) is 0. The Morgan fingerprint density at radius 3 is 2.61 bits per heavy atom. The van der Waals surface area contributed by atoms with Gasteiger partial charge in [-0.1, -0.05) is 26.0 Å². The van der Waals surface area contributed by atoms with Gasteiger partial charge in [0.1, 0.15) is 12.7 Å². The maximum Gasteiger partial charge on any atom is 0.315 e. The number of carbonyl (C=O) groups excluding carboxylic acids is 1. The number of benzene rings is 1. The monoisotopic (exact) mass is 317 g/mol. The van der Waals surface area contributed by atoms with E-state index in [9.17, 15) is 4.79 Å². The molecule has 0 saturated carbocycles. The molecular formula is C16H23N5O2. The molecule has 2 amide bonds. The van der Waals surface area contributed by atoms with E-state index in [1.54, 1.807) is 11.0 Å². The van der Waals surface area contributed by atoms with Gasteiger partial charge in [-0.2, -0.15) is 5.10 Å². The Hall–Kier alpha value is -2.41. The van der Waals surface area contributed by atoms with Crippen LogP contribution in [0.25, 0.3) is 5.69 Å². The van der Waals surface area contributed by atoms with E-state index in [0.29, 0.717) is 19.5 Å². The maximum absolute atomic E-state index is 11.8. The third-order valence-electron chi connectivity index (χ3n) is 3.59. The van der Waals surface area contributed by atoms with Crippen molar-refractivity contribution in [2.75, 3.05) is 13.2 Å². The first-order valence-corrected chi connectivity index (χ1v) is 7.57. The zero-order chi connectivity index (χ0) is 16.7. The molecule has 0 aliphatic heterocycles. The lowest BCUT2D eigenvalue weighted by Gasteiger charge is -2.23. The van der Waals surface area contributed by atoms with E-state index >= 15 is 0 Å². The van der Waals surface area contributed by atoms with Gasteiger partial charge in [-0.25, -0.2) is 14.5 Å². The molecule has 7 nitrogen and oxygen atoms in total. The van der Waals surface area contributed by atoms with Crippen LogP contribution in [-0.4, -0.2) is 39.1 Å². The predicted octanol–water partition coefficient (Wildman–Crippen LogP) is 1.48. The molecule has 3 N–H and O–H groups in total. The van der Waals surface area contributed by atoms with Gasteiger partial charge in [0.25, 0.3) is 0 Å². The largest absolute Gasteiger partial charge is 0.396 e. The highest BCUT2D eigenvalue weighted by atomic mass is 16.3. The molecule has 7 heteroatoms. The van der Waals surface area contributed by atoms with Crippen LogP contribution in [0.1, 0.15) is 25.8 Å². The Morgan fingerprint density at radius 2 is 2.00 bits per heavy atom. The lowest BCUT2D eigenvalue weighted by atomic mass is 9.90. The van der Waals surface area contributed by atoms with Gasteiger partial charge in [-0.3, -0.25) is 0 Å². The van der Waals surface area contributed by atoms with E-state index in [-0.39, 0.29) is 18.1 Å². The van der Waals surface area contributed by atoms with Gasteiger partial charge >= 0.3 is 6.03 Å². The van der Waals surface area contributed by atoms with Gasteiger partial charge in [0.15, 0.2) is 0 Å². The van der Waals surface area contributed by atoms with Gasteiger partial charge in [0.05, 0.1) is 5.69 Å². The molecule has 0 radical (unpaired) electrons. The van der Waals surface area contributed by atoms with Gasteiger partial charge in [-0.05, 0) is 29.5 Å². The van der Waals surface area contributed by atoms with Gasteiger partial charge in [0.2, 0.25) is 0 Å². The topological polar surface area (TPSA) is 92.1 Å². The van der Waals surface area contributed by atoms with E-state index < -0.39 is 0 Å². The number of aliphatic hydroxyl groups is 1. The Labute approximate surface area is 135 Å². The molecule has 2 rings (SSSR count). The fourth-order valence-corrected chi connectivity index (χ4v) is 2.06. The molecule has 0 fully saturated rings. The number of hydrogen-bond donors (Lipinski definition) is 3. The van der Waals surface area contributed by atoms with Gasteiger partial charge in [0, 0.05) is 19.7 Å². The van der Waals surface area contributed by atoms with E-state index in [2.05, 4.69) is 20.7 Å². The molecule has 1 heterocycles. The van der Waals surface area contributed by atoms with Crippen LogP contribution >= 0.6 is 0 Å². The summed E-state index contributed by atoms with van der Waals surface area (Å²) in [7, 11) is 0. The number of urea groups is 1. The maximum atomic E-state index is 11.8. The van der Waals surface area contributed by atoms with Crippen LogP contribution in [0.5, 0.6) is 0 Å². The molecule has 0 spiro atoms. The Balaban J connectivity index is 1.78. The average molecular weight is 317 g/mol. The van der Waals surface area contributed by atoms with Crippen molar-refractivity contribution in [1.82, 2.24) is 25.4 Å². The number of aromatic nitrogens is 3. The minimum atomic E-state index is -0.212. The first-order valence-electron chi connectivity index (χ1n) is 7.57. The fourth-order valence-electron chi connectivity index (χ4n) is 2.06. The van der Waals surface area contributed by atoms with Crippen molar-refractivity contribution < 1.29 is 9.90 Å². The summed E-state index contributed by atoms with van der Waals surface area (Å²) in [4.78, 5) is 15.7. The van der Waals surface area contributed by atoms with Crippen LogP contribution in [0.2, 0.25) is 0 Å². The van der Waals surface area contributed by atoms with Crippen LogP contribution in [0.15, 0.2) is 36.9 Å². The Bertz CT molecular complexity index is 608. The Kier molecular flexibility index (Phi) is 5.70. The molecular weight excluding hydrogens is 294 g/mol. The van der Waals surface area contributed by atoms with E-state index in [4.69, 9.17) is 5.11 Å². The smallest absolute Gasteiger partial charge is 0.315 e. The van der Waals surface area contributed by atoms with Crippen molar-refractivity contribution in [2.45, 2.75) is 26.8 Å². The summed E-state index contributed by atoms with van der Waals surface area (Å²) in [5.41, 5.74) is 1.80. The number of hydrogen-bond acceptors (Lipinski definition) is 4. The molecule has 1 aromatic heterocycles. The standard InChI is InChI=1S/C16H23N5O2/c1-16(2,7-8-22)10-19-15(23)18-9-13-3-5-14(6-4-13)21-12-17-11-20-21/h3-6,11-12,22H,7-10H2,1-2H3,(H2,18,19,23). The van der Waals surface area contributed by atoms with Crippen molar-refractivity contribution in [2.24, 2.45) is 5.41 Å². The average Bonchev–Trinajstić information content (AvgIpc) is 3.06. The normalized spacial score (nSPS) is 11.3. The minimum absolute atomic E-state index is 0.119. The molecule has 0 aliphatic carbocycles. The summed E-state index contributed by atoms with van der Waals surface area (Å²) in [6.45, 7) is 5.10. The molecule has 0 aliphatic rings. The number of nitrogens with one attached hydrogen (secondary N) is 2.